The van der Waals surface area contributed by atoms with Crippen LogP contribution < -0.4 is 11.1 Å². The Bertz CT molecular complexity index is 630. The molecule has 19 heavy (non-hydrogen) atoms. The first kappa shape index (κ1) is 12.8. The number of para-hydroxylation sites is 1. The van der Waals surface area contributed by atoms with E-state index in [4.69, 9.17) is 5.73 Å². The number of rotatable bonds is 3. The molecule has 0 aliphatic rings. The summed E-state index contributed by atoms with van der Waals surface area (Å²) in [6, 6.07) is 7.38. The van der Waals surface area contributed by atoms with Crippen LogP contribution in [0, 0.1) is 6.92 Å². The average Bonchev–Trinajstić information content (AvgIpc) is 2.66. The number of carbonyl (C=O) groups is 1. The van der Waals surface area contributed by atoms with Crippen LogP contribution in [0.25, 0.3) is 0 Å². The van der Waals surface area contributed by atoms with E-state index in [1.54, 1.807) is 12.4 Å². The van der Waals surface area contributed by atoms with Crippen LogP contribution in [0.4, 0.5) is 11.6 Å². The fourth-order valence-electron chi connectivity index (χ4n) is 1.63. The molecule has 0 radical (unpaired) electrons. The first-order valence-corrected chi connectivity index (χ1v) is 5.78. The molecule has 98 valence electrons. The Kier molecular flexibility index (Phi) is 3.61. The highest BCUT2D eigenvalue weighted by Crippen LogP contribution is 2.13. The molecular formula is C13H15N5O. The van der Waals surface area contributed by atoms with E-state index in [1.165, 1.54) is 11.6 Å². The molecule has 0 spiro atoms. The summed E-state index contributed by atoms with van der Waals surface area (Å²) in [6.07, 6.45) is 3.36. The third-order valence-corrected chi connectivity index (χ3v) is 2.43. The van der Waals surface area contributed by atoms with Crippen molar-refractivity contribution in [1.82, 2.24) is 9.66 Å². The summed E-state index contributed by atoms with van der Waals surface area (Å²) in [5.41, 5.74) is 7.99. The number of nitrogen functional groups attached to an aromatic ring is 1. The van der Waals surface area contributed by atoms with Crippen LogP contribution in [0.1, 0.15) is 18.2 Å². The highest BCUT2D eigenvalue weighted by molar-refractivity contribution is 5.96. The minimum Gasteiger partial charge on any atom is -0.368 e. The lowest BCUT2D eigenvalue weighted by molar-refractivity contribution is -0.114. The van der Waals surface area contributed by atoms with Gasteiger partial charge in [-0.2, -0.15) is 5.10 Å². The summed E-state index contributed by atoms with van der Waals surface area (Å²) >= 11 is 0. The van der Waals surface area contributed by atoms with E-state index in [1.807, 2.05) is 31.2 Å². The molecular weight excluding hydrogens is 242 g/mol. The molecule has 0 aliphatic heterocycles. The van der Waals surface area contributed by atoms with E-state index < -0.39 is 0 Å². The second kappa shape index (κ2) is 5.34. The zero-order chi connectivity index (χ0) is 13.8. The van der Waals surface area contributed by atoms with Crippen LogP contribution in [0.3, 0.4) is 0 Å². The molecule has 0 aliphatic carbocycles. The summed E-state index contributed by atoms with van der Waals surface area (Å²) in [4.78, 5) is 15.2. The fourth-order valence-corrected chi connectivity index (χ4v) is 1.63. The highest BCUT2D eigenvalue weighted by atomic mass is 16.1. The van der Waals surface area contributed by atoms with Gasteiger partial charge in [0.2, 0.25) is 11.9 Å². The Balaban J connectivity index is 2.28. The van der Waals surface area contributed by atoms with Crippen molar-refractivity contribution < 1.29 is 4.79 Å². The SMILES string of the molecule is CC(=O)Nc1ccccc1C=Nn1cc(C)nc1N. The average molecular weight is 257 g/mol. The maximum atomic E-state index is 11.1. The maximum Gasteiger partial charge on any atom is 0.221 e. The van der Waals surface area contributed by atoms with E-state index in [9.17, 15) is 4.79 Å². The quantitative estimate of drug-likeness (QED) is 0.819. The van der Waals surface area contributed by atoms with E-state index in [0.717, 1.165) is 11.3 Å². The van der Waals surface area contributed by atoms with Crippen molar-refractivity contribution in [2.75, 3.05) is 11.1 Å². The number of nitrogens with zero attached hydrogens (tertiary/aromatic N) is 3. The van der Waals surface area contributed by atoms with Crippen molar-refractivity contribution in [3.63, 3.8) is 0 Å². The number of hydrogen-bond acceptors (Lipinski definition) is 4. The lowest BCUT2D eigenvalue weighted by Crippen LogP contribution is -2.08. The molecule has 1 aromatic carbocycles. The predicted molar refractivity (Wildman–Crippen MR) is 75.1 cm³/mol. The monoisotopic (exact) mass is 257 g/mol. The van der Waals surface area contributed by atoms with Crippen molar-refractivity contribution in [2.45, 2.75) is 13.8 Å². The first-order valence-electron chi connectivity index (χ1n) is 5.78. The Morgan fingerprint density at radius 2 is 2.21 bits per heavy atom. The molecule has 6 heteroatoms. The van der Waals surface area contributed by atoms with Crippen LogP contribution in [0.2, 0.25) is 0 Å². The van der Waals surface area contributed by atoms with Crippen LogP contribution in [0.5, 0.6) is 0 Å². The number of hydrogen-bond donors (Lipinski definition) is 2. The van der Waals surface area contributed by atoms with Crippen molar-refractivity contribution in [3.05, 3.63) is 41.7 Å². The molecule has 1 amide bonds. The normalized spacial score (nSPS) is 10.8. The molecule has 0 bridgehead atoms. The third-order valence-electron chi connectivity index (χ3n) is 2.43. The number of aromatic nitrogens is 2. The lowest BCUT2D eigenvalue weighted by Gasteiger charge is -2.05. The molecule has 2 aromatic rings. The summed E-state index contributed by atoms with van der Waals surface area (Å²) in [5, 5.41) is 6.96. The van der Waals surface area contributed by atoms with Crippen LogP contribution in [0.15, 0.2) is 35.6 Å². The molecule has 2 rings (SSSR count). The predicted octanol–water partition coefficient (Wildman–Crippen LogP) is 1.61. The maximum absolute atomic E-state index is 11.1. The topological polar surface area (TPSA) is 85.3 Å². The van der Waals surface area contributed by atoms with Crippen molar-refractivity contribution >= 4 is 23.8 Å². The zero-order valence-electron chi connectivity index (χ0n) is 10.8. The second-order valence-electron chi connectivity index (χ2n) is 4.10. The lowest BCUT2D eigenvalue weighted by atomic mass is 10.2. The van der Waals surface area contributed by atoms with Gasteiger partial charge >= 0.3 is 0 Å². The van der Waals surface area contributed by atoms with E-state index in [-0.39, 0.29) is 5.91 Å². The van der Waals surface area contributed by atoms with Crippen LogP contribution in [-0.2, 0) is 4.79 Å². The minimum atomic E-state index is -0.126. The molecule has 0 saturated carbocycles. The van der Waals surface area contributed by atoms with Crippen LogP contribution >= 0.6 is 0 Å². The van der Waals surface area contributed by atoms with Gasteiger partial charge in [0.25, 0.3) is 0 Å². The summed E-state index contributed by atoms with van der Waals surface area (Å²) in [7, 11) is 0. The molecule has 0 saturated heterocycles. The van der Waals surface area contributed by atoms with Gasteiger partial charge in [-0.15, -0.1) is 0 Å². The number of nitrogens with one attached hydrogen (secondary N) is 1. The van der Waals surface area contributed by atoms with Gasteiger partial charge in [0.15, 0.2) is 0 Å². The number of carbonyl (C=O) groups excluding carboxylic acids is 1. The van der Waals surface area contributed by atoms with Gasteiger partial charge in [-0.25, -0.2) is 9.66 Å². The summed E-state index contributed by atoms with van der Waals surface area (Å²) < 4.78 is 1.49. The Morgan fingerprint density at radius 1 is 1.47 bits per heavy atom. The molecule has 6 nitrogen and oxygen atoms in total. The Hall–Kier alpha value is -2.63. The number of aryl methyl sites for hydroxylation is 1. The number of amides is 1. The zero-order valence-corrected chi connectivity index (χ0v) is 10.8. The van der Waals surface area contributed by atoms with E-state index in [0.29, 0.717) is 11.6 Å². The Morgan fingerprint density at radius 3 is 2.84 bits per heavy atom. The van der Waals surface area contributed by atoms with Gasteiger partial charge in [0.05, 0.1) is 18.1 Å². The molecule has 1 aromatic heterocycles. The summed E-state index contributed by atoms with van der Waals surface area (Å²) in [5.74, 6) is 0.199. The van der Waals surface area contributed by atoms with Gasteiger partial charge < -0.3 is 11.1 Å². The van der Waals surface area contributed by atoms with E-state index in [2.05, 4.69) is 15.4 Å². The van der Waals surface area contributed by atoms with Gasteiger partial charge in [0, 0.05) is 18.2 Å². The number of nitrogens with two attached hydrogens (primary N) is 1. The smallest absolute Gasteiger partial charge is 0.221 e. The number of anilines is 2. The fraction of sp³-hybridized carbons (Fsp3) is 0.154. The standard InChI is InChI=1S/C13H15N5O/c1-9-8-18(13(14)16-9)15-7-11-5-3-4-6-12(11)17-10(2)19/h3-8H,1-2H3,(H2,14,16)(H,17,19). The highest BCUT2D eigenvalue weighted by Gasteiger charge is 2.02. The molecule has 1 heterocycles. The third kappa shape index (κ3) is 3.19. The summed E-state index contributed by atoms with van der Waals surface area (Å²) in [6.45, 7) is 3.30. The van der Waals surface area contributed by atoms with Gasteiger partial charge in [0.1, 0.15) is 0 Å². The van der Waals surface area contributed by atoms with Crippen molar-refractivity contribution in [1.29, 1.82) is 0 Å². The van der Waals surface area contributed by atoms with Gasteiger partial charge in [-0.3, -0.25) is 4.79 Å². The van der Waals surface area contributed by atoms with Crippen LogP contribution in [-0.4, -0.2) is 21.8 Å². The van der Waals surface area contributed by atoms with Gasteiger partial charge in [-0.05, 0) is 13.0 Å². The molecule has 3 N–H and O–H groups in total. The van der Waals surface area contributed by atoms with Gasteiger partial charge in [-0.1, -0.05) is 18.2 Å². The number of benzene rings is 1. The molecule has 0 atom stereocenters. The molecule has 0 fully saturated rings. The first-order chi connectivity index (χ1) is 9.06. The van der Waals surface area contributed by atoms with Crippen molar-refractivity contribution in [2.24, 2.45) is 5.10 Å². The second-order valence-corrected chi connectivity index (χ2v) is 4.10. The molecule has 0 unspecified atom stereocenters. The number of imidazole rings is 1. The van der Waals surface area contributed by atoms with E-state index >= 15 is 0 Å². The van der Waals surface area contributed by atoms with Crippen molar-refractivity contribution in [3.8, 4) is 0 Å². The minimum absolute atomic E-state index is 0.126. The largest absolute Gasteiger partial charge is 0.368 e. The Labute approximate surface area is 111 Å².